The minimum absolute atomic E-state index is 0. The van der Waals surface area contributed by atoms with Crippen LogP contribution in [0.2, 0.25) is 0 Å². The summed E-state index contributed by atoms with van der Waals surface area (Å²) in [5, 5.41) is 2.55. The van der Waals surface area contributed by atoms with Crippen molar-refractivity contribution in [3.05, 3.63) is 45.9 Å². The molecule has 6 nitrogen and oxygen atoms in total. The van der Waals surface area contributed by atoms with Crippen LogP contribution in [-0.4, -0.2) is 49.1 Å². The third-order valence-electron chi connectivity index (χ3n) is 4.04. The van der Waals surface area contributed by atoms with Gasteiger partial charge in [0.1, 0.15) is 10.7 Å². The highest BCUT2D eigenvalue weighted by atomic mass is 35.5. The molecule has 2 N–H and O–H groups in total. The van der Waals surface area contributed by atoms with Crippen molar-refractivity contribution in [2.45, 2.75) is 13.1 Å². The van der Waals surface area contributed by atoms with Gasteiger partial charge in [0, 0.05) is 44.3 Å². The van der Waals surface area contributed by atoms with Crippen molar-refractivity contribution >= 4 is 47.7 Å². The number of nitrogens with two attached hydrogens (primary N) is 1. The van der Waals surface area contributed by atoms with Crippen LogP contribution in [-0.2, 0) is 17.8 Å². The first-order valence-electron chi connectivity index (χ1n) is 7.99. The Morgan fingerprint density at radius 1 is 1.31 bits per heavy atom. The van der Waals surface area contributed by atoms with Crippen LogP contribution in [0.4, 0.5) is 5.69 Å². The average molecular weight is 419 g/mol. The zero-order valence-corrected chi connectivity index (χ0v) is 17.0. The third kappa shape index (κ3) is 5.31. The Hall–Kier alpha value is -1.38. The molecule has 0 radical (unpaired) electrons. The van der Waals surface area contributed by atoms with Gasteiger partial charge in [0.05, 0.1) is 13.2 Å². The van der Waals surface area contributed by atoms with E-state index in [2.05, 4.69) is 22.0 Å². The second-order valence-corrected chi connectivity index (χ2v) is 6.66. The Balaban J connectivity index is 0.00000169. The number of hydrogen-bond donors (Lipinski definition) is 1. The molecule has 2 aromatic rings. The molecule has 0 unspecified atom stereocenters. The van der Waals surface area contributed by atoms with Crippen LogP contribution in [0.5, 0.6) is 0 Å². The number of aromatic nitrogens is 1. The molecular formula is C17H24Cl2N4O2S. The quantitative estimate of drug-likeness (QED) is 0.807. The molecule has 1 fully saturated rings. The number of nitrogens with zero attached hydrogens (tertiary/aromatic N) is 3. The maximum absolute atomic E-state index is 12.6. The molecule has 1 aromatic heterocycles. The Morgan fingerprint density at radius 3 is 2.65 bits per heavy atom. The van der Waals surface area contributed by atoms with Crippen molar-refractivity contribution in [2.75, 3.05) is 38.3 Å². The highest BCUT2D eigenvalue weighted by molar-refractivity contribution is 7.09. The van der Waals surface area contributed by atoms with Gasteiger partial charge < -0.3 is 20.3 Å². The van der Waals surface area contributed by atoms with E-state index in [1.165, 1.54) is 17.0 Å². The fraction of sp³-hybridized carbons (Fsp3) is 0.412. The molecule has 1 aliphatic rings. The fourth-order valence-corrected chi connectivity index (χ4v) is 3.43. The van der Waals surface area contributed by atoms with E-state index >= 15 is 0 Å². The first-order valence-corrected chi connectivity index (χ1v) is 8.87. The summed E-state index contributed by atoms with van der Waals surface area (Å²) in [6.07, 6.45) is 0. The van der Waals surface area contributed by atoms with Gasteiger partial charge in [0.25, 0.3) is 5.91 Å². The molecule has 0 bridgehead atoms. The van der Waals surface area contributed by atoms with E-state index in [1.54, 1.807) is 17.3 Å². The number of hydrogen-bond acceptors (Lipinski definition) is 6. The average Bonchev–Trinajstić information content (AvgIpc) is 3.11. The molecule has 2 heterocycles. The monoisotopic (exact) mass is 418 g/mol. The van der Waals surface area contributed by atoms with Crippen LogP contribution in [0.25, 0.3) is 0 Å². The number of amides is 1. The van der Waals surface area contributed by atoms with Gasteiger partial charge in [0.2, 0.25) is 0 Å². The maximum atomic E-state index is 12.6. The molecule has 1 amide bonds. The Labute approximate surface area is 170 Å². The van der Waals surface area contributed by atoms with E-state index in [0.717, 1.165) is 36.9 Å². The van der Waals surface area contributed by atoms with Crippen LogP contribution in [0.1, 0.15) is 21.1 Å². The number of rotatable bonds is 5. The van der Waals surface area contributed by atoms with Crippen LogP contribution in [0.3, 0.4) is 0 Å². The van der Waals surface area contributed by atoms with Crippen molar-refractivity contribution in [2.24, 2.45) is 5.73 Å². The SMILES string of the molecule is CN(Cc1ccccc1N1CCOCC1)C(=O)c1csc(CN)n1.Cl.Cl. The summed E-state index contributed by atoms with van der Waals surface area (Å²) >= 11 is 1.42. The number of thiazole rings is 1. The summed E-state index contributed by atoms with van der Waals surface area (Å²) in [5.41, 5.74) is 8.33. The van der Waals surface area contributed by atoms with E-state index in [0.29, 0.717) is 18.8 Å². The van der Waals surface area contributed by atoms with Crippen molar-refractivity contribution in [3.63, 3.8) is 0 Å². The lowest BCUT2D eigenvalue weighted by molar-refractivity contribution is 0.0779. The molecule has 0 atom stereocenters. The van der Waals surface area contributed by atoms with Gasteiger partial charge in [-0.25, -0.2) is 4.98 Å². The number of para-hydroxylation sites is 1. The van der Waals surface area contributed by atoms with E-state index in [4.69, 9.17) is 10.5 Å². The molecule has 3 rings (SSSR count). The minimum Gasteiger partial charge on any atom is -0.378 e. The summed E-state index contributed by atoms with van der Waals surface area (Å²) in [7, 11) is 1.81. The van der Waals surface area contributed by atoms with Crippen LogP contribution in [0.15, 0.2) is 29.6 Å². The molecule has 26 heavy (non-hydrogen) atoms. The topological polar surface area (TPSA) is 71.7 Å². The van der Waals surface area contributed by atoms with Gasteiger partial charge in [-0.2, -0.15) is 0 Å². The molecular weight excluding hydrogens is 395 g/mol. The van der Waals surface area contributed by atoms with Gasteiger partial charge in [-0.15, -0.1) is 36.2 Å². The molecule has 0 aliphatic carbocycles. The summed E-state index contributed by atoms with van der Waals surface area (Å²) < 4.78 is 5.43. The molecule has 1 aromatic carbocycles. The largest absolute Gasteiger partial charge is 0.378 e. The number of carbonyl (C=O) groups excluding carboxylic acids is 1. The van der Waals surface area contributed by atoms with Gasteiger partial charge in [-0.05, 0) is 11.6 Å². The smallest absolute Gasteiger partial charge is 0.273 e. The molecule has 1 aliphatic heterocycles. The van der Waals surface area contributed by atoms with Crippen LogP contribution >= 0.6 is 36.2 Å². The van der Waals surface area contributed by atoms with Crippen LogP contribution < -0.4 is 10.6 Å². The zero-order chi connectivity index (χ0) is 16.9. The number of anilines is 1. The van der Waals surface area contributed by atoms with E-state index < -0.39 is 0 Å². The molecule has 9 heteroatoms. The minimum atomic E-state index is -0.0808. The summed E-state index contributed by atoms with van der Waals surface area (Å²) in [6, 6.07) is 8.21. The Bertz CT molecular complexity index is 708. The first kappa shape index (κ1) is 22.7. The maximum Gasteiger partial charge on any atom is 0.273 e. The lowest BCUT2D eigenvalue weighted by Gasteiger charge is -2.31. The lowest BCUT2D eigenvalue weighted by atomic mass is 10.1. The van der Waals surface area contributed by atoms with Crippen molar-refractivity contribution in [1.29, 1.82) is 0 Å². The van der Waals surface area contributed by atoms with E-state index in [-0.39, 0.29) is 30.7 Å². The molecule has 0 saturated carbocycles. The predicted octanol–water partition coefficient (Wildman–Crippen LogP) is 2.55. The third-order valence-corrected chi connectivity index (χ3v) is 4.91. The lowest BCUT2D eigenvalue weighted by Crippen LogP contribution is -2.37. The second kappa shape index (κ2) is 10.7. The van der Waals surface area contributed by atoms with Crippen molar-refractivity contribution in [3.8, 4) is 0 Å². The number of halogens is 2. The van der Waals surface area contributed by atoms with Crippen LogP contribution in [0, 0.1) is 0 Å². The highest BCUT2D eigenvalue weighted by Crippen LogP contribution is 2.23. The van der Waals surface area contributed by atoms with Gasteiger partial charge in [-0.3, -0.25) is 4.79 Å². The predicted molar refractivity (Wildman–Crippen MR) is 110 cm³/mol. The molecule has 0 spiro atoms. The summed E-state index contributed by atoms with van der Waals surface area (Å²) in [4.78, 5) is 20.9. The van der Waals surface area contributed by atoms with E-state index in [1.807, 2.05) is 12.1 Å². The van der Waals surface area contributed by atoms with Crippen molar-refractivity contribution in [1.82, 2.24) is 9.88 Å². The Kier molecular flexibility index (Phi) is 9.32. The van der Waals surface area contributed by atoms with Gasteiger partial charge in [-0.1, -0.05) is 18.2 Å². The van der Waals surface area contributed by atoms with Crippen molar-refractivity contribution < 1.29 is 9.53 Å². The summed E-state index contributed by atoms with van der Waals surface area (Å²) in [5.74, 6) is -0.0808. The first-order chi connectivity index (χ1) is 11.7. The highest BCUT2D eigenvalue weighted by Gasteiger charge is 2.19. The number of benzene rings is 1. The van der Waals surface area contributed by atoms with E-state index in [9.17, 15) is 4.79 Å². The zero-order valence-electron chi connectivity index (χ0n) is 14.6. The number of morpholine rings is 1. The van der Waals surface area contributed by atoms with Gasteiger partial charge >= 0.3 is 0 Å². The molecule has 1 saturated heterocycles. The standard InChI is InChI=1S/C17H22N4O2S.2ClH/c1-20(17(22)14-12-24-16(10-18)19-14)11-13-4-2-3-5-15(13)21-6-8-23-9-7-21;;/h2-5,12H,6-11,18H2,1H3;2*1H. The number of carbonyl (C=O) groups is 1. The number of ether oxygens (including phenoxy) is 1. The fourth-order valence-electron chi connectivity index (χ4n) is 2.78. The summed E-state index contributed by atoms with van der Waals surface area (Å²) in [6.45, 7) is 4.14. The Morgan fingerprint density at radius 2 is 2.00 bits per heavy atom. The normalized spacial score (nSPS) is 13.5. The second-order valence-electron chi connectivity index (χ2n) is 5.72. The van der Waals surface area contributed by atoms with Gasteiger partial charge in [0.15, 0.2) is 0 Å². The molecule has 144 valence electrons.